The van der Waals surface area contributed by atoms with Gasteiger partial charge in [-0.3, -0.25) is 14.1 Å². The molecule has 1 atom stereocenters. The molecule has 1 rings (SSSR count). The van der Waals surface area contributed by atoms with Crippen molar-refractivity contribution in [1.82, 2.24) is 5.32 Å². The molecule has 1 amide bonds. The van der Waals surface area contributed by atoms with Crippen LogP contribution in [0.2, 0.25) is 5.02 Å². The van der Waals surface area contributed by atoms with Crippen LogP contribution >= 0.6 is 11.6 Å². The maximum atomic E-state index is 12.1. The van der Waals surface area contributed by atoms with E-state index in [0.29, 0.717) is 6.54 Å². The molecule has 0 aliphatic rings. The Hall–Kier alpha value is -1.68. The lowest BCUT2D eigenvalue weighted by Gasteiger charge is -2.12. The Morgan fingerprint density at radius 1 is 1.35 bits per heavy atom. The second kappa shape index (κ2) is 9.86. The van der Waals surface area contributed by atoms with E-state index < -0.39 is 26.8 Å². The summed E-state index contributed by atoms with van der Waals surface area (Å²) in [7, 11) is -4.68. The molecule has 0 radical (unpaired) electrons. The molecule has 1 aromatic rings. The van der Waals surface area contributed by atoms with Crippen molar-refractivity contribution in [1.29, 1.82) is 0 Å². The number of nitrogens with one attached hydrogen (secondary N) is 1. The monoisotopic (exact) mass is 406 g/mol. The van der Waals surface area contributed by atoms with Gasteiger partial charge in [-0.05, 0) is 25.0 Å². The molecule has 8 nitrogen and oxygen atoms in total. The van der Waals surface area contributed by atoms with Gasteiger partial charge in [0.15, 0.2) is 0 Å². The Morgan fingerprint density at radius 2 is 2.00 bits per heavy atom. The number of Topliss-reactive ketones (excluding diaryl/α,β-unsaturated/α-hetero) is 1. The topological polar surface area (TPSA) is 147 Å². The number of hydrogen-bond acceptors (Lipinski definition) is 6. The third-order valence-electron chi connectivity index (χ3n) is 3.68. The molecule has 0 fully saturated rings. The van der Waals surface area contributed by atoms with E-state index in [1.54, 1.807) is 0 Å². The fourth-order valence-corrected chi connectivity index (χ4v) is 3.18. The number of rotatable bonds is 10. The van der Waals surface area contributed by atoms with Gasteiger partial charge in [-0.1, -0.05) is 24.9 Å². The summed E-state index contributed by atoms with van der Waals surface area (Å²) in [5, 5.41) is 12.6. The van der Waals surface area contributed by atoms with Crippen LogP contribution in [0.3, 0.4) is 0 Å². The standard InChI is InChI=1S/C16H23ClN2O6S/c1-2-3-6-19-16(22)13(18)5-4-12(20)8-10-7-11(17)9-14(15(10)21)26(23,24)25/h7,9,13,21H,2-6,8,18H2,1H3,(H,19,22)(H,23,24,25). The molecule has 1 aromatic carbocycles. The van der Waals surface area contributed by atoms with Gasteiger partial charge < -0.3 is 16.2 Å². The fourth-order valence-electron chi connectivity index (χ4n) is 2.23. The smallest absolute Gasteiger partial charge is 0.298 e. The second-order valence-electron chi connectivity index (χ2n) is 5.89. The number of benzene rings is 1. The maximum absolute atomic E-state index is 12.1. The highest BCUT2D eigenvalue weighted by atomic mass is 35.5. The lowest BCUT2D eigenvalue weighted by atomic mass is 10.0. The quantitative estimate of drug-likeness (QED) is 0.339. The van der Waals surface area contributed by atoms with Crippen LogP contribution in [0.5, 0.6) is 5.75 Å². The first-order chi connectivity index (χ1) is 12.1. The Kier molecular flexibility index (Phi) is 8.48. The molecule has 10 heteroatoms. The van der Waals surface area contributed by atoms with E-state index in [9.17, 15) is 23.1 Å². The third kappa shape index (κ3) is 6.91. The van der Waals surface area contributed by atoms with Crippen LogP contribution in [0.25, 0.3) is 0 Å². The van der Waals surface area contributed by atoms with E-state index in [1.807, 2.05) is 6.92 Å². The number of ketones is 1. The van der Waals surface area contributed by atoms with Crippen molar-refractivity contribution in [3.05, 3.63) is 22.7 Å². The highest BCUT2D eigenvalue weighted by Crippen LogP contribution is 2.31. The molecule has 5 N–H and O–H groups in total. The number of carbonyl (C=O) groups excluding carboxylic acids is 2. The molecule has 0 saturated heterocycles. The van der Waals surface area contributed by atoms with E-state index in [-0.39, 0.29) is 41.5 Å². The Balaban J connectivity index is 2.69. The van der Waals surface area contributed by atoms with E-state index in [0.717, 1.165) is 18.9 Å². The number of halogens is 1. The van der Waals surface area contributed by atoms with Crippen LogP contribution in [-0.2, 0) is 26.1 Å². The Morgan fingerprint density at radius 3 is 2.58 bits per heavy atom. The van der Waals surface area contributed by atoms with Gasteiger partial charge in [0.1, 0.15) is 16.4 Å². The van der Waals surface area contributed by atoms with Crippen LogP contribution < -0.4 is 11.1 Å². The predicted octanol–water partition coefficient (Wildman–Crippen LogP) is 1.43. The van der Waals surface area contributed by atoms with Crippen molar-refractivity contribution < 1.29 is 27.7 Å². The average Bonchev–Trinajstić information content (AvgIpc) is 2.54. The van der Waals surface area contributed by atoms with Crippen molar-refractivity contribution in [3.63, 3.8) is 0 Å². The molecule has 0 bridgehead atoms. The molecule has 0 heterocycles. The number of amides is 1. The lowest BCUT2D eigenvalue weighted by Crippen LogP contribution is -2.41. The van der Waals surface area contributed by atoms with Crippen LogP contribution in [0.4, 0.5) is 0 Å². The van der Waals surface area contributed by atoms with E-state index >= 15 is 0 Å². The fraction of sp³-hybridized carbons (Fsp3) is 0.500. The minimum absolute atomic E-state index is 0.0314. The van der Waals surface area contributed by atoms with Crippen molar-refractivity contribution in [2.75, 3.05) is 6.54 Å². The first kappa shape index (κ1) is 22.4. The SMILES string of the molecule is CCCCNC(=O)C(N)CCC(=O)Cc1cc(Cl)cc(S(=O)(=O)O)c1O. The molecule has 26 heavy (non-hydrogen) atoms. The summed E-state index contributed by atoms with van der Waals surface area (Å²) < 4.78 is 31.6. The van der Waals surface area contributed by atoms with Crippen molar-refractivity contribution >= 4 is 33.4 Å². The molecule has 0 saturated carbocycles. The summed E-state index contributed by atoms with van der Waals surface area (Å²) in [6, 6.07) is 1.29. The van der Waals surface area contributed by atoms with Gasteiger partial charge in [0.2, 0.25) is 5.91 Å². The van der Waals surface area contributed by atoms with Gasteiger partial charge in [-0.2, -0.15) is 8.42 Å². The van der Waals surface area contributed by atoms with Gasteiger partial charge in [0.25, 0.3) is 10.1 Å². The molecule has 146 valence electrons. The summed E-state index contributed by atoms with van der Waals surface area (Å²) in [6.07, 6.45) is 1.54. The lowest BCUT2D eigenvalue weighted by molar-refractivity contribution is -0.122. The molecule has 0 aliphatic carbocycles. The van der Waals surface area contributed by atoms with Crippen molar-refractivity contribution in [2.24, 2.45) is 5.73 Å². The van der Waals surface area contributed by atoms with E-state index in [1.165, 1.54) is 6.07 Å². The first-order valence-electron chi connectivity index (χ1n) is 8.10. The van der Waals surface area contributed by atoms with Gasteiger partial charge in [0.05, 0.1) is 6.04 Å². The molecule has 0 spiro atoms. The largest absolute Gasteiger partial charge is 0.506 e. The highest BCUT2D eigenvalue weighted by Gasteiger charge is 2.21. The number of unbranched alkanes of at least 4 members (excludes halogenated alkanes) is 1. The first-order valence-corrected chi connectivity index (χ1v) is 9.92. The van der Waals surface area contributed by atoms with Gasteiger partial charge in [-0.25, -0.2) is 0 Å². The average molecular weight is 407 g/mol. The van der Waals surface area contributed by atoms with Crippen molar-refractivity contribution in [3.8, 4) is 5.75 Å². The van der Waals surface area contributed by atoms with Crippen LogP contribution in [-0.4, -0.2) is 42.4 Å². The Bertz CT molecular complexity index is 766. The number of hydrogen-bond donors (Lipinski definition) is 4. The number of nitrogens with two attached hydrogens (primary N) is 1. The maximum Gasteiger partial charge on any atom is 0.298 e. The zero-order valence-electron chi connectivity index (χ0n) is 14.4. The number of phenols is 1. The zero-order valence-corrected chi connectivity index (χ0v) is 15.9. The molecule has 0 aliphatic heterocycles. The normalized spacial score (nSPS) is 12.6. The predicted molar refractivity (Wildman–Crippen MR) is 96.8 cm³/mol. The minimum Gasteiger partial charge on any atom is -0.506 e. The number of carbonyl (C=O) groups is 2. The van der Waals surface area contributed by atoms with Gasteiger partial charge >= 0.3 is 0 Å². The molecule has 1 unspecified atom stereocenters. The minimum atomic E-state index is -4.68. The summed E-state index contributed by atoms with van der Waals surface area (Å²) in [6.45, 7) is 2.51. The number of phenolic OH excluding ortho intramolecular Hbond substituents is 1. The highest BCUT2D eigenvalue weighted by molar-refractivity contribution is 7.86. The molecular weight excluding hydrogens is 384 g/mol. The summed E-state index contributed by atoms with van der Waals surface area (Å²) >= 11 is 5.77. The summed E-state index contributed by atoms with van der Waals surface area (Å²) in [5.41, 5.74) is 5.70. The summed E-state index contributed by atoms with van der Waals surface area (Å²) in [4.78, 5) is 23.1. The molecular formula is C16H23ClN2O6S. The van der Waals surface area contributed by atoms with Crippen molar-refractivity contribution in [2.45, 2.75) is 50.0 Å². The molecule has 0 aromatic heterocycles. The Labute approximate surface area is 157 Å². The number of aromatic hydroxyl groups is 1. The van der Waals surface area contributed by atoms with Crippen LogP contribution in [0, 0.1) is 0 Å². The van der Waals surface area contributed by atoms with Gasteiger partial charge in [0, 0.05) is 30.0 Å². The van der Waals surface area contributed by atoms with Crippen LogP contribution in [0.1, 0.15) is 38.2 Å². The second-order valence-corrected chi connectivity index (χ2v) is 7.72. The van der Waals surface area contributed by atoms with Crippen LogP contribution in [0.15, 0.2) is 17.0 Å². The van der Waals surface area contributed by atoms with E-state index in [2.05, 4.69) is 5.32 Å². The van der Waals surface area contributed by atoms with E-state index in [4.69, 9.17) is 21.9 Å². The summed E-state index contributed by atoms with van der Waals surface area (Å²) in [5.74, 6) is -1.43. The zero-order chi connectivity index (χ0) is 19.9. The van der Waals surface area contributed by atoms with Gasteiger partial charge in [-0.15, -0.1) is 0 Å². The third-order valence-corrected chi connectivity index (χ3v) is 4.77.